The van der Waals surface area contributed by atoms with Crippen molar-refractivity contribution in [3.05, 3.63) is 48.3 Å². The summed E-state index contributed by atoms with van der Waals surface area (Å²) in [6.07, 6.45) is 5.86. The van der Waals surface area contributed by atoms with Gasteiger partial charge >= 0.3 is 5.97 Å². The average Bonchev–Trinajstić information content (AvgIpc) is 3.10. The molecule has 1 amide bonds. The van der Waals surface area contributed by atoms with Crippen molar-refractivity contribution >= 4 is 11.9 Å². The third-order valence-corrected chi connectivity index (χ3v) is 4.40. The summed E-state index contributed by atoms with van der Waals surface area (Å²) in [5.74, 6) is -1.19. The minimum Gasteiger partial charge on any atom is -0.451 e. The van der Waals surface area contributed by atoms with E-state index in [4.69, 9.17) is 4.74 Å². The fourth-order valence-electron chi connectivity index (χ4n) is 3.01. The largest absolute Gasteiger partial charge is 0.451 e. The minimum atomic E-state index is -0.639. The summed E-state index contributed by atoms with van der Waals surface area (Å²) in [5.41, 5.74) is 0.771. The molecule has 3 rings (SSSR count). The van der Waals surface area contributed by atoms with Gasteiger partial charge in [0.1, 0.15) is 5.82 Å². The lowest BCUT2D eigenvalue weighted by atomic mass is 10.0. The minimum absolute atomic E-state index is 0.171. The summed E-state index contributed by atoms with van der Waals surface area (Å²) in [6.45, 7) is 2.41. The van der Waals surface area contributed by atoms with Gasteiger partial charge in [0.2, 0.25) is 0 Å². The highest BCUT2D eigenvalue weighted by Crippen LogP contribution is 2.17. The molecule has 2 heterocycles. The zero-order chi connectivity index (χ0) is 17.8. The molecular formula is C18H20FN3O3. The SMILES string of the molecule is CC1CCCCN1C(=O)COC(=O)c1cncn1-c1ccc(F)cc1. The molecule has 7 heteroatoms. The number of carbonyl (C=O) groups excluding carboxylic acids is 2. The molecule has 6 nitrogen and oxygen atoms in total. The van der Waals surface area contributed by atoms with Gasteiger partial charge in [-0.05, 0) is 50.5 Å². The molecule has 1 atom stereocenters. The number of esters is 1. The molecule has 1 aliphatic heterocycles. The third-order valence-electron chi connectivity index (χ3n) is 4.40. The molecule has 132 valence electrons. The molecule has 0 saturated carbocycles. The zero-order valence-corrected chi connectivity index (χ0v) is 14.0. The Hall–Kier alpha value is -2.70. The van der Waals surface area contributed by atoms with Crippen LogP contribution in [0.3, 0.4) is 0 Å². The lowest BCUT2D eigenvalue weighted by molar-refractivity contribution is -0.137. The second kappa shape index (κ2) is 7.46. The molecule has 1 unspecified atom stereocenters. The Bertz CT molecular complexity index is 757. The van der Waals surface area contributed by atoms with Crippen LogP contribution in [0.1, 0.15) is 36.7 Å². The summed E-state index contributed by atoms with van der Waals surface area (Å²) in [6, 6.07) is 5.84. The van der Waals surface area contributed by atoms with Crippen LogP contribution in [-0.2, 0) is 9.53 Å². The maximum Gasteiger partial charge on any atom is 0.357 e. The van der Waals surface area contributed by atoms with Crippen molar-refractivity contribution in [2.24, 2.45) is 0 Å². The number of hydrogen-bond donors (Lipinski definition) is 0. The number of aromatic nitrogens is 2. The van der Waals surface area contributed by atoms with E-state index in [-0.39, 0.29) is 30.1 Å². The van der Waals surface area contributed by atoms with Crippen molar-refractivity contribution in [1.29, 1.82) is 0 Å². The first-order valence-electron chi connectivity index (χ1n) is 8.31. The maximum absolute atomic E-state index is 13.0. The Kier molecular flexibility index (Phi) is 5.11. The van der Waals surface area contributed by atoms with Gasteiger partial charge in [0, 0.05) is 18.3 Å². The maximum atomic E-state index is 13.0. The van der Waals surface area contributed by atoms with E-state index in [9.17, 15) is 14.0 Å². The Morgan fingerprint density at radius 3 is 2.76 bits per heavy atom. The average molecular weight is 345 g/mol. The van der Waals surface area contributed by atoms with Crippen molar-refractivity contribution < 1.29 is 18.7 Å². The van der Waals surface area contributed by atoms with Crippen LogP contribution in [0.25, 0.3) is 5.69 Å². The van der Waals surface area contributed by atoms with Gasteiger partial charge in [-0.3, -0.25) is 9.36 Å². The molecule has 2 aromatic rings. The summed E-state index contributed by atoms with van der Waals surface area (Å²) < 4.78 is 19.7. The first kappa shape index (κ1) is 17.1. The number of benzene rings is 1. The van der Waals surface area contributed by atoms with Gasteiger partial charge in [-0.15, -0.1) is 0 Å². The second-order valence-electron chi connectivity index (χ2n) is 6.13. The number of hydrogen-bond acceptors (Lipinski definition) is 4. The quantitative estimate of drug-likeness (QED) is 0.799. The number of amides is 1. The summed E-state index contributed by atoms with van der Waals surface area (Å²) in [4.78, 5) is 30.3. The highest BCUT2D eigenvalue weighted by molar-refractivity contribution is 5.90. The van der Waals surface area contributed by atoms with Crippen LogP contribution in [0.2, 0.25) is 0 Å². The van der Waals surface area contributed by atoms with Crippen LogP contribution in [-0.4, -0.2) is 45.5 Å². The predicted molar refractivity (Wildman–Crippen MR) is 88.8 cm³/mol. The molecule has 1 fully saturated rings. The summed E-state index contributed by atoms with van der Waals surface area (Å²) in [5, 5.41) is 0. The molecular weight excluding hydrogens is 325 g/mol. The number of piperidine rings is 1. The van der Waals surface area contributed by atoms with E-state index in [1.807, 2.05) is 6.92 Å². The lowest BCUT2D eigenvalue weighted by Crippen LogP contribution is -2.44. The van der Waals surface area contributed by atoms with E-state index >= 15 is 0 Å². The standard InChI is InChI=1S/C18H20FN3O3/c1-13-4-2-3-9-21(13)17(23)11-25-18(24)16-10-20-12-22(16)15-7-5-14(19)6-8-15/h5-8,10,12-13H,2-4,9,11H2,1H3. The van der Waals surface area contributed by atoms with Gasteiger partial charge in [-0.25, -0.2) is 14.2 Å². The van der Waals surface area contributed by atoms with Gasteiger partial charge in [0.15, 0.2) is 12.3 Å². The van der Waals surface area contributed by atoms with Crippen molar-refractivity contribution in [2.45, 2.75) is 32.2 Å². The highest BCUT2D eigenvalue weighted by atomic mass is 19.1. The van der Waals surface area contributed by atoms with Crippen LogP contribution >= 0.6 is 0 Å². The molecule has 1 aromatic heterocycles. The van der Waals surface area contributed by atoms with Crippen LogP contribution in [0, 0.1) is 5.82 Å². The Balaban J connectivity index is 1.65. The van der Waals surface area contributed by atoms with E-state index in [1.54, 1.807) is 4.90 Å². The Morgan fingerprint density at radius 2 is 2.04 bits per heavy atom. The van der Waals surface area contributed by atoms with Crippen LogP contribution < -0.4 is 0 Å². The van der Waals surface area contributed by atoms with Gasteiger partial charge in [-0.2, -0.15) is 0 Å². The number of imidazole rings is 1. The second-order valence-corrected chi connectivity index (χ2v) is 6.13. The molecule has 1 aromatic carbocycles. The molecule has 1 aliphatic rings. The number of halogens is 1. The number of ether oxygens (including phenoxy) is 1. The van der Waals surface area contributed by atoms with Crippen LogP contribution in [0.15, 0.2) is 36.8 Å². The molecule has 25 heavy (non-hydrogen) atoms. The zero-order valence-electron chi connectivity index (χ0n) is 14.0. The Labute approximate surface area is 145 Å². The van der Waals surface area contributed by atoms with Crippen molar-refractivity contribution in [3.63, 3.8) is 0 Å². The van der Waals surface area contributed by atoms with Crippen LogP contribution in [0.4, 0.5) is 4.39 Å². The molecule has 0 bridgehead atoms. The van der Waals surface area contributed by atoms with Crippen LogP contribution in [0.5, 0.6) is 0 Å². The Morgan fingerprint density at radius 1 is 1.28 bits per heavy atom. The molecule has 1 saturated heterocycles. The molecule has 0 aliphatic carbocycles. The fraction of sp³-hybridized carbons (Fsp3) is 0.389. The molecule has 0 spiro atoms. The fourth-order valence-corrected chi connectivity index (χ4v) is 3.01. The van der Waals surface area contributed by atoms with Gasteiger partial charge in [0.05, 0.1) is 12.5 Å². The monoisotopic (exact) mass is 345 g/mol. The van der Waals surface area contributed by atoms with E-state index in [0.29, 0.717) is 12.2 Å². The third kappa shape index (κ3) is 3.87. The van der Waals surface area contributed by atoms with Gasteiger partial charge in [-0.1, -0.05) is 0 Å². The van der Waals surface area contributed by atoms with Gasteiger partial charge < -0.3 is 9.64 Å². The van der Waals surface area contributed by atoms with Crippen molar-refractivity contribution in [2.75, 3.05) is 13.2 Å². The topological polar surface area (TPSA) is 64.4 Å². The van der Waals surface area contributed by atoms with Gasteiger partial charge in [0.25, 0.3) is 5.91 Å². The van der Waals surface area contributed by atoms with E-state index in [0.717, 1.165) is 19.3 Å². The van der Waals surface area contributed by atoms with E-state index < -0.39 is 5.97 Å². The summed E-state index contributed by atoms with van der Waals surface area (Å²) in [7, 11) is 0. The summed E-state index contributed by atoms with van der Waals surface area (Å²) >= 11 is 0. The highest BCUT2D eigenvalue weighted by Gasteiger charge is 2.24. The van der Waals surface area contributed by atoms with E-state index in [1.165, 1.54) is 41.4 Å². The first-order valence-corrected chi connectivity index (χ1v) is 8.31. The van der Waals surface area contributed by atoms with Crippen molar-refractivity contribution in [3.8, 4) is 5.69 Å². The predicted octanol–water partition coefficient (Wildman–Crippen LogP) is 2.57. The number of likely N-dealkylation sites (tertiary alicyclic amines) is 1. The smallest absolute Gasteiger partial charge is 0.357 e. The number of carbonyl (C=O) groups is 2. The number of rotatable bonds is 4. The van der Waals surface area contributed by atoms with E-state index in [2.05, 4.69) is 4.98 Å². The normalized spacial score (nSPS) is 17.4. The molecule has 0 radical (unpaired) electrons. The lowest BCUT2D eigenvalue weighted by Gasteiger charge is -2.33. The number of nitrogens with zero attached hydrogens (tertiary/aromatic N) is 3. The first-order chi connectivity index (χ1) is 12.1. The van der Waals surface area contributed by atoms with Crippen molar-refractivity contribution in [1.82, 2.24) is 14.5 Å². The molecule has 0 N–H and O–H groups in total.